The second kappa shape index (κ2) is 4.32. The highest BCUT2D eigenvalue weighted by molar-refractivity contribution is 6.06. The van der Waals surface area contributed by atoms with Crippen LogP contribution in [0.5, 0.6) is 0 Å². The minimum absolute atomic E-state index is 0.102. The van der Waals surface area contributed by atoms with E-state index in [0.717, 1.165) is 0 Å². The summed E-state index contributed by atoms with van der Waals surface area (Å²) in [4.78, 5) is 19.5. The summed E-state index contributed by atoms with van der Waals surface area (Å²) in [7, 11) is 0. The number of carbonyl (C=O) groups excluding carboxylic acids is 1. The van der Waals surface area contributed by atoms with Gasteiger partial charge >= 0.3 is 0 Å². The summed E-state index contributed by atoms with van der Waals surface area (Å²) in [5, 5.41) is 8.57. The van der Waals surface area contributed by atoms with Crippen LogP contribution in [0.2, 0.25) is 0 Å². The molecule has 0 N–H and O–H groups in total. The summed E-state index contributed by atoms with van der Waals surface area (Å²) in [6, 6.07) is 10.7. The van der Waals surface area contributed by atoms with Crippen LogP contribution in [0.4, 0.5) is 0 Å². The number of nitriles is 1. The van der Waals surface area contributed by atoms with Crippen molar-refractivity contribution in [2.24, 2.45) is 0 Å². The third-order valence-electron chi connectivity index (χ3n) is 2.02. The summed E-state index contributed by atoms with van der Waals surface area (Å²) in [6.45, 7) is 0. The molecule has 1 aromatic heterocycles. The van der Waals surface area contributed by atoms with Crippen LogP contribution < -0.4 is 0 Å². The van der Waals surface area contributed by atoms with Gasteiger partial charge in [-0.3, -0.25) is 4.79 Å². The van der Waals surface area contributed by atoms with E-state index in [2.05, 4.69) is 9.97 Å². The quantitative estimate of drug-likeness (QED) is 0.704. The molecule has 0 unspecified atom stereocenters. The molecule has 0 aliphatic heterocycles. The number of rotatable bonds is 2. The molecule has 0 atom stereocenters. The fraction of sp³-hybridized carbons (Fsp3) is 0. The van der Waals surface area contributed by atoms with Gasteiger partial charge in [0.05, 0.1) is 5.56 Å². The summed E-state index contributed by atoms with van der Waals surface area (Å²) < 4.78 is 0. The Morgan fingerprint density at radius 1 is 1.12 bits per heavy atom. The highest BCUT2D eigenvalue weighted by Gasteiger charge is 2.10. The van der Waals surface area contributed by atoms with Gasteiger partial charge in [0.15, 0.2) is 0 Å². The zero-order valence-corrected chi connectivity index (χ0v) is 8.29. The Kier molecular flexibility index (Phi) is 2.70. The molecule has 0 saturated carbocycles. The van der Waals surface area contributed by atoms with E-state index in [-0.39, 0.29) is 11.6 Å². The monoisotopic (exact) mass is 209 g/mol. The second-order valence-electron chi connectivity index (χ2n) is 3.10. The van der Waals surface area contributed by atoms with Crippen LogP contribution in [-0.2, 0) is 0 Å². The van der Waals surface area contributed by atoms with E-state index in [9.17, 15) is 4.79 Å². The molecule has 1 aromatic carbocycles. The van der Waals surface area contributed by atoms with E-state index in [4.69, 9.17) is 5.26 Å². The molecule has 4 nitrogen and oxygen atoms in total. The Bertz CT molecular complexity index is 541. The van der Waals surface area contributed by atoms with E-state index in [1.807, 2.05) is 12.1 Å². The van der Waals surface area contributed by atoms with Crippen LogP contribution >= 0.6 is 0 Å². The smallest absolute Gasteiger partial charge is 0.230 e. The molecule has 0 saturated heterocycles. The SMILES string of the molecule is N#Cc1cnc(C(=O)c2ccccc2)nc1. The fourth-order valence-electron chi connectivity index (χ4n) is 1.22. The normalized spacial score (nSPS) is 9.44. The number of nitrogens with zero attached hydrogens (tertiary/aromatic N) is 3. The number of aromatic nitrogens is 2. The van der Waals surface area contributed by atoms with Crippen LogP contribution in [-0.4, -0.2) is 15.8 Å². The van der Waals surface area contributed by atoms with E-state index in [0.29, 0.717) is 11.1 Å². The molecule has 0 spiro atoms. The van der Waals surface area contributed by atoms with E-state index >= 15 is 0 Å². The number of hydrogen-bond acceptors (Lipinski definition) is 4. The Morgan fingerprint density at radius 3 is 2.31 bits per heavy atom. The summed E-state index contributed by atoms with van der Waals surface area (Å²) in [5.74, 6) is -0.143. The topological polar surface area (TPSA) is 66.6 Å². The van der Waals surface area contributed by atoms with Gasteiger partial charge in [0, 0.05) is 18.0 Å². The van der Waals surface area contributed by atoms with Crippen LogP contribution in [0, 0.1) is 11.3 Å². The first-order valence-corrected chi connectivity index (χ1v) is 4.63. The number of benzene rings is 1. The Balaban J connectivity index is 2.32. The minimum Gasteiger partial charge on any atom is -0.285 e. The van der Waals surface area contributed by atoms with Gasteiger partial charge < -0.3 is 0 Å². The summed E-state index contributed by atoms with van der Waals surface area (Å²) >= 11 is 0. The van der Waals surface area contributed by atoms with Gasteiger partial charge in [0.1, 0.15) is 6.07 Å². The van der Waals surface area contributed by atoms with Crippen molar-refractivity contribution >= 4 is 5.78 Å². The Morgan fingerprint density at radius 2 is 1.75 bits per heavy atom. The molecule has 4 heteroatoms. The molecular formula is C12H7N3O. The molecule has 2 rings (SSSR count). The molecule has 0 fully saturated rings. The molecular weight excluding hydrogens is 202 g/mol. The van der Waals surface area contributed by atoms with Crippen molar-refractivity contribution in [3.05, 3.63) is 59.7 Å². The zero-order chi connectivity index (χ0) is 11.4. The van der Waals surface area contributed by atoms with Crippen molar-refractivity contribution in [2.45, 2.75) is 0 Å². The molecule has 0 bridgehead atoms. The largest absolute Gasteiger partial charge is 0.285 e. The maximum absolute atomic E-state index is 11.8. The molecule has 16 heavy (non-hydrogen) atoms. The standard InChI is InChI=1S/C12H7N3O/c13-6-9-7-14-12(15-8-9)11(16)10-4-2-1-3-5-10/h1-5,7-8H. The van der Waals surface area contributed by atoms with Crippen molar-refractivity contribution in [3.8, 4) is 6.07 Å². The second-order valence-corrected chi connectivity index (χ2v) is 3.10. The molecule has 0 amide bonds. The van der Waals surface area contributed by atoms with Crippen molar-refractivity contribution in [1.82, 2.24) is 9.97 Å². The van der Waals surface area contributed by atoms with Crippen molar-refractivity contribution < 1.29 is 4.79 Å². The first-order valence-electron chi connectivity index (χ1n) is 4.63. The molecule has 2 aromatic rings. The third-order valence-corrected chi connectivity index (χ3v) is 2.02. The minimum atomic E-state index is -0.245. The van der Waals surface area contributed by atoms with Gasteiger partial charge in [0.2, 0.25) is 11.6 Å². The number of hydrogen-bond donors (Lipinski definition) is 0. The predicted molar refractivity (Wildman–Crippen MR) is 56.6 cm³/mol. The van der Waals surface area contributed by atoms with E-state index in [1.165, 1.54) is 12.4 Å². The average molecular weight is 209 g/mol. The van der Waals surface area contributed by atoms with Crippen LogP contribution in [0.15, 0.2) is 42.7 Å². The molecule has 0 aliphatic carbocycles. The Hall–Kier alpha value is -2.54. The zero-order valence-electron chi connectivity index (χ0n) is 8.29. The van der Waals surface area contributed by atoms with Crippen molar-refractivity contribution in [3.63, 3.8) is 0 Å². The van der Waals surface area contributed by atoms with Gasteiger partial charge in [-0.1, -0.05) is 30.3 Å². The van der Waals surface area contributed by atoms with Gasteiger partial charge in [-0.2, -0.15) is 5.26 Å². The fourth-order valence-corrected chi connectivity index (χ4v) is 1.22. The van der Waals surface area contributed by atoms with Gasteiger partial charge in [-0.15, -0.1) is 0 Å². The lowest BCUT2D eigenvalue weighted by atomic mass is 10.1. The molecule has 76 valence electrons. The maximum atomic E-state index is 11.8. The van der Waals surface area contributed by atoms with E-state index < -0.39 is 0 Å². The molecule has 0 radical (unpaired) electrons. The summed E-state index contributed by atoms with van der Waals surface area (Å²) in [6.07, 6.45) is 2.67. The maximum Gasteiger partial charge on any atom is 0.230 e. The Labute approximate surface area is 92.2 Å². The van der Waals surface area contributed by atoms with Gasteiger partial charge in [0.25, 0.3) is 0 Å². The first-order chi connectivity index (χ1) is 7.81. The third kappa shape index (κ3) is 1.93. The van der Waals surface area contributed by atoms with Crippen LogP contribution in [0.3, 0.4) is 0 Å². The van der Waals surface area contributed by atoms with Gasteiger partial charge in [-0.25, -0.2) is 9.97 Å². The van der Waals surface area contributed by atoms with Crippen molar-refractivity contribution in [2.75, 3.05) is 0 Å². The number of ketones is 1. The van der Waals surface area contributed by atoms with Crippen LogP contribution in [0.1, 0.15) is 21.7 Å². The lowest BCUT2D eigenvalue weighted by Crippen LogP contribution is -2.06. The highest BCUT2D eigenvalue weighted by atomic mass is 16.1. The summed E-state index contributed by atoms with van der Waals surface area (Å²) in [5.41, 5.74) is 0.872. The molecule has 0 aliphatic rings. The van der Waals surface area contributed by atoms with Crippen molar-refractivity contribution in [1.29, 1.82) is 5.26 Å². The highest BCUT2D eigenvalue weighted by Crippen LogP contribution is 2.05. The van der Waals surface area contributed by atoms with E-state index in [1.54, 1.807) is 24.3 Å². The predicted octanol–water partition coefficient (Wildman–Crippen LogP) is 1.58. The first kappa shape index (κ1) is 9.99. The lowest BCUT2D eigenvalue weighted by Gasteiger charge is -1.98. The van der Waals surface area contributed by atoms with Crippen LogP contribution in [0.25, 0.3) is 0 Å². The average Bonchev–Trinajstić information content (AvgIpc) is 2.39. The number of carbonyl (C=O) groups is 1. The lowest BCUT2D eigenvalue weighted by molar-refractivity contribution is 0.102. The van der Waals surface area contributed by atoms with Gasteiger partial charge in [-0.05, 0) is 0 Å². The molecule has 1 heterocycles.